The Morgan fingerprint density at radius 2 is 1.42 bits per heavy atom. The summed E-state index contributed by atoms with van der Waals surface area (Å²) in [7, 11) is -3.89. The SMILES string of the molecule is CC(C)CNC(=O)[C@H](Cc1ccccc1)N(Cc1cccc(Br)c1)C(=O)CN(c1ccc(Oc2ccccc2)cc1)S(C)(=O)=O. The number of sulfonamides is 1. The summed E-state index contributed by atoms with van der Waals surface area (Å²) >= 11 is 3.49. The van der Waals surface area contributed by atoms with E-state index in [9.17, 15) is 18.0 Å². The molecule has 45 heavy (non-hydrogen) atoms. The quantitative estimate of drug-likeness (QED) is 0.165. The van der Waals surface area contributed by atoms with E-state index in [-0.39, 0.29) is 24.8 Å². The minimum absolute atomic E-state index is 0.103. The molecule has 0 aliphatic heterocycles. The van der Waals surface area contributed by atoms with Crippen LogP contribution in [0.15, 0.2) is 114 Å². The maximum atomic E-state index is 14.2. The fraction of sp³-hybridized carbons (Fsp3) is 0.257. The molecule has 0 unspecified atom stereocenters. The van der Waals surface area contributed by atoms with Gasteiger partial charge >= 0.3 is 0 Å². The van der Waals surface area contributed by atoms with Crippen LogP contribution in [0.4, 0.5) is 5.69 Å². The van der Waals surface area contributed by atoms with Gasteiger partial charge in [-0.05, 0) is 65.6 Å². The Labute approximate surface area is 274 Å². The molecule has 1 atom stereocenters. The van der Waals surface area contributed by atoms with E-state index in [0.717, 1.165) is 26.2 Å². The lowest BCUT2D eigenvalue weighted by Crippen LogP contribution is -2.53. The number of rotatable bonds is 14. The van der Waals surface area contributed by atoms with Gasteiger partial charge in [0.25, 0.3) is 0 Å². The van der Waals surface area contributed by atoms with Gasteiger partial charge < -0.3 is 15.0 Å². The summed E-state index contributed by atoms with van der Waals surface area (Å²) < 4.78 is 33.9. The summed E-state index contributed by atoms with van der Waals surface area (Å²) in [6.45, 7) is 4.05. The molecule has 2 amide bonds. The summed E-state index contributed by atoms with van der Waals surface area (Å²) in [4.78, 5) is 29.5. The standard InChI is InChI=1S/C35H38BrN3O5S/c1-26(2)23-37-35(41)33(22-27-11-6-4-7-12-27)38(24-28-13-10-14-29(36)21-28)34(40)25-39(45(3,42)43)30-17-19-32(20-18-30)44-31-15-8-5-9-16-31/h4-21,26,33H,22-25H2,1-3H3,(H,37,41)/t33-/m0/s1. The van der Waals surface area contributed by atoms with Crippen LogP contribution in [0.25, 0.3) is 0 Å². The Bertz CT molecular complexity index is 1670. The second kappa shape index (κ2) is 15.7. The lowest BCUT2D eigenvalue weighted by Gasteiger charge is -2.33. The summed E-state index contributed by atoms with van der Waals surface area (Å²) in [5.41, 5.74) is 1.97. The van der Waals surface area contributed by atoms with Gasteiger partial charge in [-0.2, -0.15) is 0 Å². The Kier molecular flexibility index (Phi) is 11.8. The van der Waals surface area contributed by atoms with E-state index >= 15 is 0 Å². The topological polar surface area (TPSA) is 96.0 Å². The van der Waals surface area contributed by atoms with Crippen molar-refractivity contribution in [3.63, 3.8) is 0 Å². The van der Waals surface area contributed by atoms with Gasteiger partial charge in [-0.3, -0.25) is 13.9 Å². The first-order valence-electron chi connectivity index (χ1n) is 14.7. The normalized spacial score (nSPS) is 11.9. The molecule has 0 saturated heterocycles. The molecule has 1 N–H and O–H groups in total. The minimum Gasteiger partial charge on any atom is -0.457 e. The van der Waals surface area contributed by atoms with Crippen LogP contribution in [0.5, 0.6) is 11.5 Å². The number of carbonyl (C=O) groups is 2. The molecule has 236 valence electrons. The van der Waals surface area contributed by atoms with E-state index in [2.05, 4.69) is 21.2 Å². The molecule has 0 aliphatic rings. The van der Waals surface area contributed by atoms with Crippen LogP contribution in [0.3, 0.4) is 0 Å². The first-order valence-corrected chi connectivity index (χ1v) is 17.3. The zero-order valence-electron chi connectivity index (χ0n) is 25.6. The van der Waals surface area contributed by atoms with Crippen molar-refractivity contribution in [3.8, 4) is 11.5 Å². The third-order valence-electron chi connectivity index (χ3n) is 6.98. The van der Waals surface area contributed by atoms with Gasteiger partial charge in [0.05, 0.1) is 11.9 Å². The third kappa shape index (κ3) is 10.2. The van der Waals surface area contributed by atoms with Crippen molar-refractivity contribution >= 4 is 43.5 Å². The van der Waals surface area contributed by atoms with Crippen molar-refractivity contribution in [1.29, 1.82) is 0 Å². The Hall–Kier alpha value is -4.15. The van der Waals surface area contributed by atoms with Crippen molar-refractivity contribution in [1.82, 2.24) is 10.2 Å². The van der Waals surface area contributed by atoms with Crippen molar-refractivity contribution in [2.45, 2.75) is 32.9 Å². The van der Waals surface area contributed by atoms with E-state index in [1.165, 1.54) is 4.90 Å². The Morgan fingerprint density at radius 3 is 2.02 bits per heavy atom. The number of halogens is 1. The number of amides is 2. The monoisotopic (exact) mass is 691 g/mol. The molecule has 10 heteroatoms. The van der Waals surface area contributed by atoms with Crippen molar-refractivity contribution in [2.24, 2.45) is 5.92 Å². The summed E-state index contributed by atoms with van der Waals surface area (Å²) in [5, 5.41) is 2.99. The second-order valence-corrected chi connectivity index (χ2v) is 14.0. The predicted molar refractivity (Wildman–Crippen MR) is 182 cm³/mol. The zero-order valence-corrected chi connectivity index (χ0v) is 28.0. The highest BCUT2D eigenvalue weighted by Gasteiger charge is 2.33. The van der Waals surface area contributed by atoms with Crippen LogP contribution in [-0.2, 0) is 32.6 Å². The van der Waals surface area contributed by atoms with Crippen molar-refractivity contribution < 1.29 is 22.7 Å². The predicted octanol–water partition coefficient (Wildman–Crippen LogP) is 6.42. The van der Waals surface area contributed by atoms with Gasteiger partial charge in [-0.25, -0.2) is 8.42 Å². The van der Waals surface area contributed by atoms with Crippen LogP contribution < -0.4 is 14.4 Å². The number of nitrogens with one attached hydrogen (secondary N) is 1. The third-order valence-corrected chi connectivity index (χ3v) is 8.61. The molecular formula is C35H38BrN3O5S. The number of hydrogen-bond donors (Lipinski definition) is 1. The molecule has 4 rings (SSSR count). The molecule has 4 aromatic rings. The van der Waals surface area contributed by atoms with Gasteiger partial charge in [0.2, 0.25) is 21.8 Å². The molecule has 0 fully saturated rings. The Balaban J connectivity index is 1.67. The largest absolute Gasteiger partial charge is 0.457 e. The average molecular weight is 693 g/mol. The molecule has 0 heterocycles. The number of anilines is 1. The van der Waals surface area contributed by atoms with Crippen LogP contribution in [0.2, 0.25) is 0 Å². The summed E-state index contributed by atoms with van der Waals surface area (Å²) in [5.74, 6) is 0.555. The first-order chi connectivity index (χ1) is 21.5. The number of ether oxygens (including phenoxy) is 1. The van der Waals surface area contributed by atoms with Crippen molar-refractivity contribution in [3.05, 3.63) is 125 Å². The maximum absolute atomic E-state index is 14.2. The summed E-state index contributed by atoms with van der Waals surface area (Å²) in [6.07, 6.45) is 1.32. The average Bonchev–Trinajstić information content (AvgIpc) is 3.01. The van der Waals surface area contributed by atoms with Gasteiger partial charge in [0, 0.05) is 24.0 Å². The van der Waals surface area contributed by atoms with Gasteiger partial charge in [0.1, 0.15) is 24.1 Å². The van der Waals surface area contributed by atoms with E-state index in [0.29, 0.717) is 23.7 Å². The smallest absolute Gasteiger partial charge is 0.244 e. The fourth-order valence-electron chi connectivity index (χ4n) is 4.73. The maximum Gasteiger partial charge on any atom is 0.244 e. The van der Waals surface area contributed by atoms with Crippen LogP contribution >= 0.6 is 15.9 Å². The molecule has 0 bridgehead atoms. The first kappa shape index (κ1) is 33.7. The van der Waals surface area contributed by atoms with Gasteiger partial charge in [-0.1, -0.05) is 90.4 Å². The number of para-hydroxylation sites is 1. The molecule has 4 aromatic carbocycles. The van der Waals surface area contributed by atoms with Gasteiger partial charge in [-0.15, -0.1) is 0 Å². The fourth-order valence-corrected chi connectivity index (χ4v) is 6.02. The highest BCUT2D eigenvalue weighted by Crippen LogP contribution is 2.26. The molecule has 8 nitrogen and oxygen atoms in total. The number of nitrogens with zero attached hydrogens (tertiary/aromatic N) is 2. The molecule has 0 radical (unpaired) electrons. The van der Waals surface area contributed by atoms with Crippen LogP contribution in [-0.4, -0.2) is 50.5 Å². The van der Waals surface area contributed by atoms with E-state index in [1.807, 2.05) is 98.8 Å². The lowest BCUT2D eigenvalue weighted by atomic mass is 10.0. The van der Waals surface area contributed by atoms with Crippen LogP contribution in [0, 0.1) is 5.92 Å². The molecular weight excluding hydrogens is 654 g/mol. The zero-order chi connectivity index (χ0) is 32.4. The van der Waals surface area contributed by atoms with E-state index in [4.69, 9.17) is 4.74 Å². The van der Waals surface area contributed by atoms with Crippen molar-refractivity contribution in [2.75, 3.05) is 23.7 Å². The number of benzene rings is 4. The lowest BCUT2D eigenvalue weighted by molar-refractivity contribution is -0.140. The minimum atomic E-state index is -3.89. The van der Waals surface area contributed by atoms with E-state index < -0.39 is 28.5 Å². The molecule has 0 saturated carbocycles. The van der Waals surface area contributed by atoms with Crippen LogP contribution in [0.1, 0.15) is 25.0 Å². The Morgan fingerprint density at radius 1 is 0.822 bits per heavy atom. The molecule has 0 spiro atoms. The summed E-state index contributed by atoms with van der Waals surface area (Å²) in [6, 6.07) is 31.8. The highest BCUT2D eigenvalue weighted by atomic mass is 79.9. The number of carbonyl (C=O) groups excluding carboxylic acids is 2. The highest BCUT2D eigenvalue weighted by molar-refractivity contribution is 9.10. The molecule has 0 aliphatic carbocycles. The second-order valence-electron chi connectivity index (χ2n) is 11.2. The van der Waals surface area contributed by atoms with E-state index in [1.54, 1.807) is 24.3 Å². The molecule has 0 aromatic heterocycles. The van der Waals surface area contributed by atoms with Gasteiger partial charge in [0.15, 0.2) is 0 Å². The number of hydrogen-bond acceptors (Lipinski definition) is 5.